The fourth-order valence-electron chi connectivity index (χ4n) is 3.90. The third-order valence-corrected chi connectivity index (χ3v) is 6.63. The number of aliphatic hydroxyl groups is 1. The summed E-state index contributed by atoms with van der Waals surface area (Å²) in [6.45, 7) is 5.19. The Kier molecular flexibility index (Phi) is 9.31. The lowest BCUT2D eigenvalue weighted by atomic mass is 9.87. The SMILES string of the molecule is CC(C)(C)[C@@H](CO)NC(=O)c1ccc(-c2ccccc2C(=O)Nc2ccc(C(=N)N)cc2)c(C(=O)OS(C)(=O)=O)c1. The Bertz CT molecular complexity index is 1590. The van der Waals surface area contributed by atoms with Gasteiger partial charge in [-0.25, -0.2) is 4.79 Å². The third kappa shape index (κ3) is 7.99. The van der Waals surface area contributed by atoms with E-state index in [1.54, 1.807) is 42.5 Å². The first kappa shape index (κ1) is 31.0. The van der Waals surface area contributed by atoms with Crippen LogP contribution in [0.4, 0.5) is 5.69 Å². The fraction of sp³-hybridized carbons (Fsp3) is 0.241. The van der Waals surface area contributed by atoms with Crippen LogP contribution in [0.25, 0.3) is 11.1 Å². The maximum absolute atomic E-state index is 13.3. The maximum Gasteiger partial charge on any atom is 0.354 e. The lowest BCUT2D eigenvalue weighted by Crippen LogP contribution is -2.46. The molecule has 0 spiro atoms. The minimum atomic E-state index is -4.21. The molecule has 216 valence electrons. The van der Waals surface area contributed by atoms with Gasteiger partial charge in [0.25, 0.3) is 11.8 Å². The van der Waals surface area contributed by atoms with Gasteiger partial charge in [-0.05, 0) is 59.0 Å². The Morgan fingerprint density at radius 3 is 2.07 bits per heavy atom. The fourth-order valence-corrected chi connectivity index (χ4v) is 4.26. The molecule has 3 aromatic carbocycles. The van der Waals surface area contributed by atoms with Crippen LogP contribution in [0.5, 0.6) is 0 Å². The van der Waals surface area contributed by atoms with E-state index in [0.29, 0.717) is 11.3 Å². The number of rotatable bonds is 9. The molecule has 0 radical (unpaired) electrons. The molecule has 0 aromatic heterocycles. The highest BCUT2D eigenvalue weighted by atomic mass is 32.2. The molecule has 0 aliphatic carbocycles. The molecule has 0 saturated carbocycles. The molecule has 3 rings (SSSR count). The van der Waals surface area contributed by atoms with Gasteiger partial charge in [0.15, 0.2) is 0 Å². The molecule has 2 amide bonds. The highest BCUT2D eigenvalue weighted by molar-refractivity contribution is 7.86. The van der Waals surface area contributed by atoms with Crippen molar-refractivity contribution in [3.05, 3.63) is 89.0 Å². The largest absolute Gasteiger partial charge is 0.394 e. The second-order valence-electron chi connectivity index (χ2n) is 10.4. The molecule has 11 nitrogen and oxygen atoms in total. The van der Waals surface area contributed by atoms with Gasteiger partial charge in [-0.2, -0.15) is 8.42 Å². The molecule has 0 saturated heterocycles. The minimum absolute atomic E-state index is 0.0180. The lowest BCUT2D eigenvalue weighted by molar-refractivity contribution is 0.0748. The lowest BCUT2D eigenvalue weighted by Gasteiger charge is -2.29. The van der Waals surface area contributed by atoms with Gasteiger partial charge >= 0.3 is 16.1 Å². The molecule has 1 atom stereocenters. The summed E-state index contributed by atoms with van der Waals surface area (Å²) in [6.07, 6.45) is 0.717. The Balaban J connectivity index is 2.06. The molecule has 0 aliphatic rings. The first-order chi connectivity index (χ1) is 19.1. The number of nitrogen functional groups attached to an aromatic ring is 1. The zero-order valence-corrected chi connectivity index (χ0v) is 23.8. The summed E-state index contributed by atoms with van der Waals surface area (Å²) in [7, 11) is -4.21. The van der Waals surface area contributed by atoms with E-state index in [2.05, 4.69) is 14.8 Å². The average Bonchev–Trinajstić information content (AvgIpc) is 2.89. The van der Waals surface area contributed by atoms with Gasteiger partial charge in [-0.3, -0.25) is 15.0 Å². The molecule has 41 heavy (non-hydrogen) atoms. The highest BCUT2D eigenvalue weighted by Gasteiger charge is 2.28. The van der Waals surface area contributed by atoms with Crippen LogP contribution in [-0.2, 0) is 14.3 Å². The Morgan fingerprint density at radius 1 is 0.927 bits per heavy atom. The van der Waals surface area contributed by atoms with E-state index in [0.717, 1.165) is 6.26 Å². The van der Waals surface area contributed by atoms with Gasteiger partial charge in [-0.15, -0.1) is 0 Å². The molecule has 0 bridgehead atoms. The summed E-state index contributed by atoms with van der Waals surface area (Å²) in [5.41, 5.74) is 6.26. The number of hydrogen-bond acceptors (Lipinski definition) is 8. The number of nitrogens with one attached hydrogen (secondary N) is 3. The van der Waals surface area contributed by atoms with Crippen LogP contribution in [0.3, 0.4) is 0 Å². The monoisotopic (exact) mass is 580 g/mol. The molecule has 0 aliphatic heterocycles. The average molecular weight is 581 g/mol. The van der Waals surface area contributed by atoms with Crippen LogP contribution in [0, 0.1) is 10.8 Å². The number of benzene rings is 3. The minimum Gasteiger partial charge on any atom is -0.394 e. The predicted octanol–water partition coefficient (Wildman–Crippen LogP) is 3.14. The van der Waals surface area contributed by atoms with Crippen LogP contribution >= 0.6 is 0 Å². The first-order valence-corrected chi connectivity index (χ1v) is 14.3. The van der Waals surface area contributed by atoms with E-state index in [9.17, 15) is 27.9 Å². The molecule has 3 aromatic rings. The van der Waals surface area contributed by atoms with Crippen molar-refractivity contribution in [1.29, 1.82) is 5.41 Å². The number of anilines is 1. The van der Waals surface area contributed by atoms with Gasteiger partial charge in [0.05, 0.1) is 24.5 Å². The summed E-state index contributed by atoms with van der Waals surface area (Å²) in [5, 5.41) is 22.7. The van der Waals surface area contributed by atoms with Crippen molar-refractivity contribution >= 4 is 39.4 Å². The van der Waals surface area contributed by atoms with Gasteiger partial charge < -0.3 is 25.7 Å². The maximum atomic E-state index is 13.3. The number of amidine groups is 1. The summed E-state index contributed by atoms with van der Waals surface area (Å²) >= 11 is 0. The molecule has 0 unspecified atom stereocenters. The number of nitrogens with two attached hydrogens (primary N) is 1. The Morgan fingerprint density at radius 2 is 1.51 bits per heavy atom. The topological polar surface area (TPSA) is 189 Å². The van der Waals surface area contributed by atoms with Crippen LogP contribution < -0.4 is 16.4 Å². The number of aliphatic hydroxyl groups excluding tert-OH is 1. The first-order valence-electron chi connectivity index (χ1n) is 12.5. The van der Waals surface area contributed by atoms with Gasteiger partial charge in [0.2, 0.25) is 0 Å². The van der Waals surface area contributed by atoms with Crippen molar-refractivity contribution in [2.75, 3.05) is 18.2 Å². The van der Waals surface area contributed by atoms with Gasteiger partial charge in [-0.1, -0.05) is 45.0 Å². The highest BCUT2D eigenvalue weighted by Crippen LogP contribution is 2.30. The van der Waals surface area contributed by atoms with Crippen molar-refractivity contribution in [2.24, 2.45) is 11.1 Å². The smallest absolute Gasteiger partial charge is 0.354 e. The number of carbonyl (C=O) groups excluding carboxylic acids is 3. The normalized spacial score (nSPS) is 12.2. The van der Waals surface area contributed by atoms with E-state index in [1.807, 2.05) is 20.8 Å². The molecule has 0 fully saturated rings. The second-order valence-corrected chi connectivity index (χ2v) is 12.0. The van der Waals surface area contributed by atoms with Gasteiger partial charge in [0, 0.05) is 22.4 Å². The van der Waals surface area contributed by atoms with Crippen LogP contribution in [0.2, 0.25) is 0 Å². The summed E-state index contributed by atoms with van der Waals surface area (Å²) in [5.74, 6) is -2.48. The zero-order chi connectivity index (χ0) is 30.5. The van der Waals surface area contributed by atoms with E-state index in [4.69, 9.17) is 11.1 Å². The number of hydrogen-bond donors (Lipinski definition) is 5. The molecule has 12 heteroatoms. The van der Waals surface area contributed by atoms with E-state index in [-0.39, 0.29) is 40.3 Å². The van der Waals surface area contributed by atoms with Crippen molar-refractivity contribution in [1.82, 2.24) is 5.32 Å². The summed E-state index contributed by atoms with van der Waals surface area (Å²) in [4.78, 5) is 39.3. The third-order valence-electron chi connectivity index (χ3n) is 6.18. The van der Waals surface area contributed by atoms with Crippen molar-refractivity contribution in [3.8, 4) is 11.1 Å². The van der Waals surface area contributed by atoms with E-state index in [1.165, 1.54) is 24.3 Å². The number of amides is 2. The van der Waals surface area contributed by atoms with Crippen LogP contribution in [0.15, 0.2) is 66.7 Å². The van der Waals surface area contributed by atoms with E-state index < -0.39 is 39.4 Å². The zero-order valence-electron chi connectivity index (χ0n) is 23.0. The molecule has 6 N–H and O–H groups in total. The molecular weight excluding hydrogens is 548 g/mol. The standard InChI is InChI=1S/C29H32N4O7S/c1-29(2,3)24(16-34)33-26(35)18-11-14-21(23(15-18)28(37)40-41(4,38)39)20-7-5-6-8-22(20)27(36)32-19-12-9-17(10-13-19)25(30)31/h5-15,24,34H,16H2,1-4H3,(H3,30,31)(H,32,36)(H,33,35)/t24-/m1/s1. The molecule has 0 heterocycles. The van der Waals surface area contributed by atoms with Crippen molar-refractivity contribution < 1.29 is 32.1 Å². The summed E-state index contributed by atoms with van der Waals surface area (Å²) in [6, 6.07) is 16.1. The summed E-state index contributed by atoms with van der Waals surface area (Å²) < 4.78 is 28.2. The van der Waals surface area contributed by atoms with E-state index >= 15 is 0 Å². The second kappa shape index (κ2) is 12.3. The quantitative estimate of drug-likeness (QED) is 0.145. The number of carbonyl (C=O) groups is 3. The Hall–Kier alpha value is -4.55. The van der Waals surface area contributed by atoms with Crippen molar-refractivity contribution in [2.45, 2.75) is 26.8 Å². The van der Waals surface area contributed by atoms with Crippen molar-refractivity contribution in [3.63, 3.8) is 0 Å². The molecular formula is C29H32N4O7S. The predicted molar refractivity (Wildman–Crippen MR) is 155 cm³/mol. The van der Waals surface area contributed by atoms with Crippen LogP contribution in [-0.4, -0.2) is 56.0 Å². The Labute approximate surface area is 238 Å². The van der Waals surface area contributed by atoms with Gasteiger partial charge in [0.1, 0.15) is 5.84 Å². The van der Waals surface area contributed by atoms with Crippen LogP contribution in [0.1, 0.15) is 57.4 Å².